The molecule has 0 aromatic carbocycles. The summed E-state index contributed by atoms with van der Waals surface area (Å²) in [6.45, 7) is 2.55. The monoisotopic (exact) mass is 312 g/mol. The van der Waals surface area contributed by atoms with Crippen LogP contribution in [0.1, 0.15) is 37.6 Å². The summed E-state index contributed by atoms with van der Waals surface area (Å²) in [5, 5.41) is 23.6. The zero-order chi connectivity index (χ0) is 15.2. The average molecular weight is 312 g/mol. The second-order valence-corrected chi connectivity index (χ2v) is 6.31. The number of amides is 2. The fourth-order valence-corrected chi connectivity index (χ4v) is 3.11. The zero-order valence-electron chi connectivity index (χ0n) is 12.0. The molecule has 1 saturated carbocycles. The lowest BCUT2D eigenvalue weighted by atomic mass is 9.82. The highest BCUT2D eigenvalue weighted by atomic mass is 32.1. The third-order valence-electron chi connectivity index (χ3n) is 3.74. The van der Waals surface area contributed by atoms with Crippen LogP contribution in [-0.2, 0) is 11.2 Å². The van der Waals surface area contributed by atoms with E-state index in [1.54, 1.807) is 0 Å². The van der Waals surface area contributed by atoms with Gasteiger partial charge in [0.25, 0.3) is 0 Å². The number of anilines is 1. The number of carboxylic acid groups (broad SMARTS) is 1. The zero-order valence-corrected chi connectivity index (χ0v) is 12.8. The van der Waals surface area contributed by atoms with Crippen molar-refractivity contribution >= 4 is 28.5 Å². The van der Waals surface area contributed by atoms with Crippen LogP contribution in [0.15, 0.2) is 0 Å². The van der Waals surface area contributed by atoms with Gasteiger partial charge in [-0.25, -0.2) is 4.79 Å². The van der Waals surface area contributed by atoms with E-state index in [0.717, 1.165) is 24.3 Å². The molecule has 1 aromatic rings. The highest BCUT2D eigenvalue weighted by molar-refractivity contribution is 7.15. The summed E-state index contributed by atoms with van der Waals surface area (Å²) in [5.74, 6) is -0.571. The quantitative estimate of drug-likeness (QED) is 0.772. The summed E-state index contributed by atoms with van der Waals surface area (Å²) in [6, 6.07) is -0.283. The smallest absolute Gasteiger partial charge is 0.321 e. The molecule has 21 heavy (non-hydrogen) atoms. The fraction of sp³-hybridized carbons (Fsp3) is 0.692. The lowest BCUT2D eigenvalue weighted by Gasteiger charge is -2.26. The first kappa shape index (κ1) is 15.7. The van der Waals surface area contributed by atoms with E-state index < -0.39 is 5.97 Å². The molecule has 3 N–H and O–H groups in total. The molecule has 1 aliphatic carbocycles. The molecule has 2 amide bonds. The number of hydrogen-bond donors (Lipinski definition) is 3. The number of carbonyl (C=O) groups is 2. The molecule has 1 aliphatic rings. The Balaban J connectivity index is 1.68. The predicted molar refractivity (Wildman–Crippen MR) is 79.4 cm³/mol. The molecule has 116 valence electrons. The fourth-order valence-electron chi connectivity index (χ4n) is 2.44. The van der Waals surface area contributed by atoms with Crippen LogP contribution in [0.2, 0.25) is 0 Å². The van der Waals surface area contributed by atoms with Gasteiger partial charge in [-0.1, -0.05) is 18.3 Å². The number of rotatable bonds is 5. The standard InChI is InChI=1S/C13H20N4O3S/c1-2-10-16-17-13(21-10)15-12(20)14-7-8-3-5-9(6-4-8)11(18)19/h8-9H,2-7H2,1H3,(H,18,19)(H2,14,15,17,20). The van der Waals surface area contributed by atoms with Crippen molar-refractivity contribution in [2.75, 3.05) is 11.9 Å². The first-order valence-corrected chi connectivity index (χ1v) is 8.00. The predicted octanol–water partition coefficient (Wildman–Crippen LogP) is 2.11. The van der Waals surface area contributed by atoms with Gasteiger partial charge < -0.3 is 10.4 Å². The lowest BCUT2D eigenvalue weighted by Crippen LogP contribution is -2.35. The van der Waals surface area contributed by atoms with Gasteiger partial charge in [-0.2, -0.15) is 0 Å². The van der Waals surface area contributed by atoms with Crippen LogP contribution < -0.4 is 10.6 Å². The number of aliphatic carboxylic acids is 1. The summed E-state index contributed by atoms with van der Waals surface area (Å²) in [4.78, 5) is 22.6. The number of aromatic nitrogens is 2. The molecule has 0 aliphatic heterocycles. The van der Waals surface area contributed by atoms with Gasteiger partial charge in [0, 0.05) is 6.54 Å². The van der Waals surface area contributed by atoms with Gasteiger partial charge in [-0.15, -0.1) is 10.2 Å². The van der Waals surface area contributed by atoms with Crippen LogP contribution >= 0.6 is 11.3 Å². The van der Waals surface area contributed by atoms with E-state index in [1.807, 2.05) is 6.92 Å². The van der Waals surface area contributed by atoms with Gasteiger partial charge in [0.2, 0.25) is 5.13 Å². The third kappa shape index (κ3) is 4.66. The second kappa shape index (κ2) is 7.35. The molecule has 0 radical (unpaired) electrons. The van der Waals surface area contributed by atoms with E-state index in [1.165, 1.54) is 11.3 Å². The van der Waals surface area contributed by atoms with Crippen molar-refractivity contribution in [2.24, 2.45) is 11.8 Å². The number of urea groups is 1. The van der Waals surface area contributed by atoms with Crippen LogP contribution in [0, 0.1) is 11.8 Å². The topological polar surface area (TPSA) is 104 Å². The first-order chi connectivity index (χ1) is 10.1. The highest BCUT2D eigenvalue weighted by Crippen LogP contribution is 2.28. The van der Waals surface area contributed by atoms with Gasteiger partial charge >= 0.3 is 12.0 Å². The molecule has 7 nitrogen and oxygen atoms in total. The van der Waals surface area contributed by atoms with Crippen molar-refractivity contribution in [3.63, 3.8) is 0 Å². The normalized spacial score (nSPS) is 21.8. The number of carbonyl (C=O) groups excluding carboxylic acids is 1. The Labute approximate surface area is 127 Å². The Bertz CT molecular complexity index is 497. The number of carboxylic acids is 1. The largest absolute Gasteiger partial charge is 0.481 e. The Morgan fingerprint density at radius 3 is 2.57 bits per heavy atom. The van der Waals surface area contributed by atoms with Crippen molar-refractivity contribution < 1.29 is 14.7 Å². The van der Waals surface area contributed by atoms with Crippen LogP contribution in [-0.4, -0.2) is 33.8 Å². The molecule has 0 saturated heterocycles. The van der Waals surface area contributed by atoms with E-state index in [-0.39, 0.29) is 11.9 Å². The maximum Gasteiger partial charge on any atom is 0.321 e. The third-order valence-corrected chi connectivity index (χ3v) is 4.72. The maximum absolute atomic E-state index is 11.7. The number of nitrogens with zero attached hydrogens (tertiary/aromatic N) is 2. The second-order valence-electron chi connectivity index (χ2n) is 5.25. The van der Waals surface area contributed by atoms with Gasteiger partial charge in [0.15, 0.2) is 0 Å². The Morgan fingerprint density at radius 1 is 1.29 bits per heavy atom. The Kier molecular flexibility index (Phi) is 5.49. The molecular weight excluding hydrogens is 292 g/mol. The summed E-state index contributed by atoms with van der Waals surface area (Å²) < 4.78 is 0. The van der Waals surface area contributed by atoms with E-state index >= 15 is 0 Å². The molecule has 1 fully saturated rings. The van der Waals surface area contributed by atoms with Crippen molar-refractivity contribution in [3.05, 3.63) is 5.01 Å². The number of aryl methyl sites for hydroxylation is 1. The Morgan fingerprint density at radius 2 is 2.00 bits per heavy atom. The minimum absolute atomic E-state index is 0.219. The molecular formula is C13H20N4O3S. The molecule has 0 atom stereocenters. The SMILES string of the molecule is CCc1nnc(NC(=O)NCC2CCC(C(=O)O)CC2)s1. The lowest BCUT2D eigenvalue weighted by molar-refractivity contribution is -0.143. The van der Waals surface area contributed by atoms with Crippen molar-refractivity contribution in [3.8, 4) is 0 Å². The molecule has 0 unspecified atom stereocenters. The van der Waals surface area contributed by atoms with Crippen molar-refractivity contribution in [1.82, 2.24) is 15.5 Å². The summed E-state index contributed by atoms with van der Waals surface area (Å²) in [6.07, 6.45) is 3.87. The van der Waals surface area contributed by atoms with Crippen LogP contribution in [0.25, 0.3) is 0 Å². The van der Waals surface area contributed by atoms with Gasteiger partial charge in [0.1, 0.15) is 5.01 Å². The molecule has 0 bridgehead atoms. The number of hydrogen-bond acceptors (Lipinski definition) is 5. The molecule has 1 heterocycles. The van der Waals surface area contributed by atoms with E-state index in [2.05, 4.69) is 20.8 Å². The van der Waals surface area contributed by atoms with E-state index in [4.69, 9.17) is 5.11 Å². The number of nitrogens with one attached hydrogen (secondary N) is 2. The van der Waals surface area contributed by atoms with E-state index in [9.17, 15) is 9.59 Å². The minimum atomic E-state index is -0.706. The summed E-state index contributed by atoms with van der Waals surface area (Å²) >= 11 is 1.37. The van der Waals surface area contributed by atoms with Gasteiger partial charge in [-0.3, -0.25) is 10.1 Å². The van der Waals surface area contributed by atoms with Crippen LogP contribution in [0.4, 0.5) is 9.93 Å². The molecule has 0 spiro atoms. The molecule has 2 rings (SSSR count). The first-order valence-electron chi connectivity index (χ1n) is 7.18. The maximum atomic E-state index is 11.7. The van der Waals surface area contributed by atoms with Gasteiger partial charge in [-0.05, 0) is 38.0 Å². The minimum Gasteiger partial charge on any atom is -0.481 e. The molecule has 1 aromatic heterocycles. The van der Waals surface area contributed by atoms with Crippen molar-refractivity contribution in [1.29, 1.82) is 0 Å². The summed E-state index contributed by atoms with van der Waals surface area (Å²) in [7, 11) is 0. The van der Waals surface area contributed by atoms with Crippen molar-refractivity contribution in [2.45, 2.75) is 39.0 Å². The van der Waals surface area contributed by atoms with Crippen LogP contribution in [0.5, 0.6) is 0 Å². The Hall–Kier alpha value is -1.70. The molecule has 8 heteroatoms. The highest BCUT2D eigenvalue weighted by Gasteiger charge is 2.26. The summed E-state index contributed by atoms with van der Waals surface area (Å²) in [5.41, 5.74) is 0. The van der Waals surface area contributed by atoms with Gasteiger partial charge in [0.05, 0.1) is 5.92 Å². The van der Waals surface area contributed by atoms with E-state index in [0.29, 0.717) is 30.4 Å². The average Bonchev–Trinajstić information content (AvgIpc) is 2.93. The van der Waals surface area contributed by atoms with Crippen LogP contribution in [0.3, 0.4) is 0 Å².